The van der Waals surface area contributed by atoms with E-state index < -0.39 is 0 Å². The van der Waals surface area contributed by atoms with Crippen LogP contribution in [0.3, 0.4) is 0 Å². The number of hydrogen-bond donors (Lipinski definition) is 0. The summed E-state index contributed by atoms with van der Waals surface area (Å²) in [6, 6.07) is 0. The molecule has 0 radical (unpaired) electrons. The molecule has 142 valence electrons. The van der Waals surface area contributed by atoms with Gasteiger partial charge in [-0.25, -0.2) is 0 Å². The molecule has 0 aliphatic carbocycles. The third-order valence-electron chi connectivity index (χ3n) is 5.29. The normalized spacial score (nSPS) is 20.1. The first-order valence-electron chi connectivity index (χ1n) is 11.2. The summed E-state index contributed by atoms with van der Waals surface area (Å²) in [5.74, 6) is 0. The summed E-state index contributed by atoms with van der Waals surface area (Å²) in [7, 11) is 0. The molecule has 0 amide bonds. The van der Waals surface area contributed by atoms with Gasteiger partial charge in [-0.05, 0) is 25.7 Å². The average Bonchev–Trinajstić information content (AvgIpc) is 3.34. The number of allylic oxidation sites excluding steroid dienone is 1. The Bertz CT molecular complexity index is 284. The first-order chi connectivity index (χ1) is 11.9. The topological polar surface area (TPSA) is 12.5 Å². The zero-order valence-corrected chi connectivity index (χ0v) is 16.7. The molecule has 1 heterocycles. The van der Waals surface area contributed by atoms with Crippen LogP contribution in [0.5, 0.6) is 0 Å². The lowest BCUT2D eigenvalue weighted by molar-refractivity contribution is 0.358. The van der Waals surface area contributed by atoms with E-state index >= 15 is 0 Å². The second-order valence-corrected chi connectivity index (χ2v) is 7.74. The predicted octanol–water partition coefficient (Wildman–Crippen LogP) is 7.98. The fraction of sp³-hybridized carbons (Fsp3) is 0.913. The smallest absolute Gasteiger partial charge is 0.0876 e. The van der Waals surface area contributed by atoms with E-state index in [0.717, 1.165) is 6.42 Å². The Hall–Kier alpha value is -0.300. The number of hydrogen-bond acceptors (Lipinski definition) is 1. The van der Waals surface area contributed by atoms with Crippen molar-refractivity contribution >= 4 is 0 Å². The van der Waals surface area contributed by atoms with Crippen LogP contribution in [0, 0.1) is 0 Å². The van der Waals surface area contributed by atoms with Crippen molar-refractivity contribution in [1.29, 1.82) is 0 Å². The predicted molar refractivity (Wildman–Crippen MR) is 108 cm³/mol. The number of rotatable bonds is 18. The van der Waals surface area contributed by atoms with Crippen molar-refractivity contribution < 1.29 is 4.74 Å². The second kappa shape index (κ2) is 16.2. The van der Waals surface area contributed by atoms with Gasteiger partial charge in [-0.15, -0.1) is 0 Å². The highest BCUT2D eigenvalue weighted by Crippen LogP contribution is 2.30. The molecule has 0 bridgehead atoms. The zero-order valence-electron chi connectivity index (χ0n) is 16.7. The van der Waals surface area contributed by atoms with Crippen LogP contribution < -0.4 is 0 Å². The van der Waals surface area contributed by atoms with Gasteiger partial charge >= 0.3 is 0 Å². The molecule has 1 nitrogen and oxygen atoms in total. The number of epoxide rings is 1. The summed E-state index contributed by atoms with van der Waals surface area (Å²) in [6.07, 6.45) is 29.3. The third-order valence-corrected chi connectivity index (χ3v) is 5.29. The quantitative estimate of drug-likeness (QED) is 0.140. The van der Waals surface area contributed by atoms with Crippen molar-refractivity contribution in [3.63, 3.8) is 0 Å². The Balaban J connectivity index is 1.75. The molecular weight excluding hydrogens is 292 g/mol. The van der Waals surface area contributed by atoms with Crippen LogP contribution >= 0.6 is 0 Å². The summed E-state index contributed by atoms with van der Waals surface area (Å²) in [6.45, 7) is 4.56. The van der Waals surface area contributed by atoms with E-state index in [9.17, 15) is 0 Å². The number of ether oxygens (including phenoxy) is 1. The molecule has 2 atom stereocenters. The van der Waals surface area contributed by atoms with Crippen molar-refractivity contribution in [1.82, 2.24) is 0 Å². The van der Waals surface area contributed by atoms with Gasteiger partial charge in [0.2, 0.25) is 0 Å². The van der Waals surface area contributed by atoms with Gasteiger partial charge in [0, 0.05) is 0 Å². The van der Waals surface area contributed by atoms with Gasteiger partial charge in [0.25, 0.3) is 0 Å². The van der Waals surface area contributed by atoms with Crippen LogP contribution in [0.4, 0.5) is 0 Å². The fourth-order valence-electron chi connectivity index (χ4n) is 3.51. The van der Waals surface area contributed by atoms with Gasteiger partial charge in [-0.3, -0.25) is 0 Å². The molecule has 0 N–H and O–H groups in total. The Kier molecular flexibility index (Phi) is 14.7. The van der Waals surface area contributed by atoms with E-state index in [4.69, 9.17) is 4.74 Å². The largest absolute Gasteiger partial charge is 0.369 e. The van der Waals surface area contributed by atoms with E-state index in [0.29, 0.717) is 12.2 Å². The van der Waals surface area contributed by atoms with Crippen LogP contribution in [0.15, 0.2) is 12.2 Å². The minimum atomic E-state index is 0.551. The zero-order chi connectivity index (χ0) is 17.3. The molecule has 0 aromatic rings. The summed E-state index contributed by atoms with van der Waals surface area (Å²) in [5.41, 5.74) is 0. The Labute approximate surface area is 152 Å². The maximum atomic E-state index is 5.79. The maximum Gasteiger partial charge on any atom is 0.0876 e. The van der Waals surface area contributed by atoms with E-state index in [-0.39, 0.29) is 0 Å². The first kappa shape index (κ1) is 21.7. The van der Waals surface area contributed by atoms with Gasteiger partial charge in [-0.2, -0.15) is 0 Å². The van der Waals surface area contributed by atoms with Crippen LogP contribution in [-0.4, -0.2) is 12.2 Å². The third kappa shape index (κ3) is 13.0. The molecule has 1 rings (SSSR count). The molecular formula is C23H44O. The van der Waals surface area contributed by atoms with Crippen molar-refractivity contribution in [2.75, 3.05) is 0 Å². The van der Waals surface area contributed by atoms with E-state index in [1.165, 1.54) is 103 Å². The molecule has 1 heteroatoms. The molecule has 1 fully saturated rings. The van der Waals surface area contributed by atoms with Crippen LogP contribution in [-0.2, 0) is 4.74 Å². The summed E-state index contributed by atoms with van der Waals surface area (Å²) in [4.78, 5) is 0. The van der Waals surface area contributed by atoms with E-state index in [2.05, 4.69) is 26.0 Å². The number of unbranched alkanes of at least 4 members (excludes halogenated alkanes) is 13. The SMILES string of the molecule is CCCCC/C=C\C[C@H]1O[C@@H]1CCCCCCCCCCCCC. The molecule has 0 aromatic carbocycles. The van der Waals surface area contributed by atoms with Crippen molar-refractivity contribution in [3.8, 4) is 0 Å². The summed E-state index contributed by atoms with van der Waals surface area (Å²) >= 11 is 0. The Morgan fingerprint density at radius 2 is 1.12 bits per heavy atom. The van der Waals surface area contributed by atoms with Gasteiger partial charge in [0.05, 0.1) is 12.2 Å². The molecule has 1 aliphatic rings. The average molecular weight is 337 g/mol. The second-order valence-electron chi connectivity index (χ2n) is 7.74. The lowest BCUT2D eigenvalue weighted by Crippen LogP contribution is -1.93. The first-order valence-corrected chi connectivity index (χ1v) is 11.2. The van der Waals surface area contributed by atoms with Crippen LogP contribution in [0.1, 0.15) is 123 Å². The van der Waals surface area contributed by atoms with E-state index in [1.54, 1.807) is 0 Å². The maximum absolute atomic E-state index is 5.79. The fourth-order valence-corrected chi connectivity index (χ4v) is 3.51. The Morgan fingerprint density at radius 3 is 1.75 bits per heavy atom. The van der Waals surface area contributed by atoms with E-state index in [1.807, 2.05) is 0 Å². The summed E-state index contributed by atoms with van der Waals surface area (Å²) < 4.78 is 5.79. The molecule has 1 aliphatic heterocycles. The highest BCUT2D eigenvalue weighted by Gasteiger charge is 2.36. The minimum Gasteiger partial charge on any atom is -0.369 e. The lowest BCUT2D eigenvalue weighted by atomic mass is 10.0. The molecule has 0 spiro atoms. The van der Waals surface area contributed by atoms with Crippen molar-refractivity contribution in [3.05, 3.63) is 12.2 Å². The lowest BCUT2D eigenvalue weighted by Gasteiger charge is -2.02. The molecule has 0 aromatic heterocycles. The van der Waals surface area contributed by atoms with Crippen molar-refractivity contribution in [2.24, 2.45) is 0 Å². The van der Waals surface area contributed by atoms with Gasteiger partial charge < -0.3 is 4.74 Å². The monoisotopic (exact) mass is 336 g/mol. The molecule has 0 saturated carbocycles. The highest BCUT2D eigenvalue weighted by atomic mass is 16.6. The standard InChI is InChI=1S/C23H44O/c1-3-5-7-9-11-12-13-14-15-17-19-21-23-22(24-23)20-18-16-10-8-6-4-2/h16,18,22-23H,3-15,17,19-21H2,1-2H3/b18-16-/t22-,23-/m1/s1. The Morgan fingerprint density at radius 1 is 0.583 bits per heavy atom. The van der Waals surface area contributed by atoms with Crippen LogP contribution in [0.2, 0.25) is 0 Å². The van der Waals surface area contributed by atoms with Gasteiger partial charge in [-0.1, -0.05) is 109 Å². The summed E-state index contributed by atoms with van der Waals surface area (Å²) in [5, 5.41) is 0. The molecule has 0 unspecified atom stereocenters. The van der Waals surface area contributed by atoms with Crippen molar-refractivity contribution in [2.45, 2.75) is 135 Å². The molecule has 24 heavy (non-hydrogen) atoms. The van der Waals surface area contributed by atoms with Gasteiger partial charge in [0.1, 0.15) is 0 Å². The molecule has 1 saturated heterocycles. The van der Waals surface area contributed by atoms with Gasteiger partial charge in [0.15, 0.2) is 0 Å². The highest BCUT2D eigenvalue weighted by molar-refractivity contribution is 4.93. The minimum absolute atomic E-state index is 0.551. The van der Waals surface area contributed by atoms with Crippen LogP contribution in [0.25, 0.3) is 0 Å².